The maximum absolute atomic E-state index is 12.7. The fourth-order valence-electron chi connectivity index (χ4n) is 4.58. The number of nitrogens with zero attached hydrogens (tertiary/aromatic N) is 4. The molecule has 2 heterocycles. The van der Waals surface area contributed by atoms with Gasteiger partial charge >= 0.3 is 5.69 Å². The van der Waals surface area contributed by atoms with E-state index in [9.17, 15) is 15.0 Å². The van der Waals surface area contributed by atoms with E-state index in [2.05, 4.69) is 39.4 Å². The van der Waals surface area contributed by atoms with Crippen LogP contribution in [0.3, 0.4) is 0 Å². The van der Waals surface area contributed by atoms with Gasteiger partial charge in [-0.2, -0.15) is 5.10 Å². The average molecular weight is 484 g/mol. The molecule has 8 nitrogen and oxygen atoms in total. The van der Waals surface area contributed by atoms with Crippen LogP contribution in [-0.2, 0) is 26.4 Å². The van der Waals surface area contributed by atoms with Crippen LogP contribution < -0.4 is 5.69 Å². The summed E-state index contributed by atoms with van der Waals surface area (Å²) in [5.74, 6) is 0.142. The third-order valence-corrected chi connectivity index (χ3v) is 6.44. The average Bonchev–Trinajstić information content (AvgIpc) is 3.41. The van der Waals surface area contributed by atoms with E-state index >= 15 is 0 Å². The number of aromatic hydroxyl groups is 2. The molecule has 8 heteroatoms. The van der Waals surface area contributed by atoms with Crippen LogP contribution in [0.5, 0.6) is 11.5 Å². The van der Waals surface area contributed by atoms with Crippen LogP contribution in [0.25, 0.3) is 28.0 Å². The summed E-state index contributed by atoms with van der Waals surface area (Å²) in [5.41, 5.74) is 4.70. The van der Waals surface area contributed by atoms with Gasteiger partial charge in [0.15, 0.2) is 5.82 Å². The molecule has 36 heavy (non-hydrogen) atoms. The molecule has 0 aliphatic heterocycles. The second-order valence-corrected chi connectivity index (χ2v) is 9.41. The van der Waals surface area contributed by atoms with Gasteiger partial charge in [-0.05, 0) is 74.0 Å². The van der Waals surface area contributed by atoms with E-state index in [1.807, 2.05) is 56.2 Å². The van der Waals surface area contributed by atoms with Crippen molar-refractivity contribution in [1.29, 1.82) is 0 Å². The molecule has 0 saturated carbocycles. The highest BCUT2D eigenvalue weighted by atomic mass is 16.3. The Bertz CT molecular complexity index is 1590. The van der Waals surface area contributed by atoms with Crippen molar-refractivity contribution in [3.63, 3.8) is 0 Å². The van der Waals surface area contributed by atoms with Crippen LogP contribution in [-0.4, -0.2) is 48.5 Å². The SMILES string of the molecule is CN(C)Cc1ccc(CCc2cc(-c3n[nH]c(=O)n3-c3ccc4c(ccn4C)c3)c(O)cc2O)cc1. The lowest BCUT2D eigenvalue weighted by atomic mass is 10.00. The molecule has 184 valence electrons. The first-order valence-electron chi connectivity index (χ1n) is 11.8. The number of benzene rings is 3. The number of aryl methyl sites for hydroxylation is 3. The number of phenols is 2. The van der Waals surface area contributed by atoms with Crippen molar-refractivity contribution in [3.8, 4) is 28.6 Å². The van der Waals surface area contributed by atoms with Gasteiger partial charge < -0.3 is 19.7 Å². The molecule has 0 fully saturated rings. The molecule has 0 unspecified atom stereocenters. The van der Waals surface area contributed by atoms with Gasteiger partial charge in [0.05, 0.1) is 11.3 Å². The summed E-state index contributed by atoms with van der Waals surface area (Å²) in [6.45, 7) is 0.880. The number of aromatic amines is 1. The van der Waals surface area contributed by atoms with E-state index in [1.165, 1.54) is 16.2 Å². The third-order valence-electron chi connectivity index (χ3n) is 6.44. The Hall–Kier alpha value is -4.30. The zero-order valence-electron chi connectivity index (χ0n) is 20.6. The predicted molar refractivity (Wildman–Crippen MR) is 141 cm³/mol. The molecule has 5 aromatic rings. The summed E-state index contributed by atoms with van der Waals surface area (Å²) in [7, 11) is 6.04. The summed E-state index contributed by atoms with van der Waals surface area (Å²) in [4.78, 5) is 14.9. The maximum Gasteiger partial charge on any atom is 0.348 e. The van der Waals surface area contributed by atoms with E-state index in [4.69, 9.17) is 0 Å². The number of phenolic OH excluding ortho intramolecular Hbond substituents is 2. The molecule has 0 amide bonds. The lowest BCUT2D eigenvalue weighted by Gasteiger charge is -2.12. The van der Waals surface area contributed by atoms with Gasteiger partial charge in [0.2, 0.25) is 0 Å². The van der Waals surface area contributed by atoms with Gasteiger partial charge in [0, 0.05) is 36.8 Å². The molecule has 0 saturated heterocycles. The lowest BCUT2D eigenvalue weighted by molar-refractivity contribution is 0.402. The number of hydrogen-bond donors (Lipinski definition) is 3. The fourth-order valence-corrected chi connectivity index (χ4v) is 4.58. The normalized spacial score (nSPS) is 11.6. The standard InChI is InChI=1S/C28H29N5O3/c1-31(2)17-19-6-4-18(5-7-19)8-9-21-15-23(26(35)16-25(21)34)27-29-30-28(36)33(27)22-10-11-24-20(14-22)12-13-32(24)3/h4-7,10-16,34-35H,8-9,17H2,1-3H3,(H,30,36). The molecule has 0 aliphatic rings. The Morgan fingerprint density at radius 1 is 0.917 bits per heavy atom. The molecule has 0 radical (unpaired) electrons. The first-order chi connectivity index (χ1) is 17.3. The number of aromatic nitrogens is 4. The van der Waals surface area contributed by atoms with Crippen LogP contribution in [0.1, 0.15) is 16.7 Å². The van der Waals surface area contributed by atoms with Crippen molar-refractivity contribution in [2.24, 2.45) is 7.05 Å². The quantitative estimate of drug-likeness (QED) is 0.325. The maximum atomic E-state index is 12.7. The molecular weight excluding hydrogens is 454 g/mol. The van der Waals surface area contributed by atoms with Gasteiger partial charge in [0.1, 0.15) is 11.5 Å². The summed E-state index contributed by atoms with van der Waals surface area (Å²) >= 11 is 0. The number of rotatable bonds is 7. The lowest BCUT2D eigenvalue weighted by Crippen LogP contribution is -2.15. The minimum Gasteiger partial charge on any atom is -0.508 e. The van der Waals surface area contributed by atoms with E-state index in [1.54, 1.807) is 6.07 Å². The first-order valence-corrected chi connectivity index (χ1v) is 11.8. The second-order valence-electron chi connectivity index (χ2n) is 9.41. The van der Waals surface area contributed by atoms with Gasteiger partial charge in [-0.3, -0.25) is 0 Å². The Kier molecular flexibility index (Phi) is 6.12. The van der Waals surface area contributed by atoms with Crippen molar-refractivity contribution in [2.45, 2.75) is 19.4 Å². The highest BCUT2D eigenvalue weighted by Gasteiger charge is 2.19. The number of H-pyrrole nitrogens is 1. The smallest absolute Gasteiger partial charge is 0.348 e. The second kappa shape index (κ2) is 9.39. The van der Waals surface area contributed by atoms with Crippen LogP contribution in [0, 0.1) is 0 Å². The van der Waals surface area contributed by atoms with E-state index in [0.29, 0.717) is 23.2 Å². The minimum atomic E-state index is -0.410. The number of hydrogen-bond acceptors (Lipinski definition) is 5. The molecule has 2 aromatic heterocycles. The first kappa shape index (κ1) is 23.4. The van der Waals surface area contributed by atoms with Gasteiger partial charge in [0.25, 0.3) is 0 Å². The molecule has 3 aromatic carbocycles. The molecule has 0 atom stereocenters. The van der Waals surface area contributed by atoms with Crippen LogP contribution in [0.2, 0.25) is 0 Å². The van der Waals surface area contributed by atoms with Crippen molar-refractivity contribution in [2.75, 3.05) is 14.1 Å². The Labute approximate surface area is 208 Å². The summed E-state index contributed by atoms with van der Waals surface area (Å²) < 4.78 is 3.44. The molecule has 0 bridgehead atoms. The van der Waals surface area contributed by atoms with E-state index in [-0.39, 0.29) is 17.3 Å². The van der Waals surface area contributed by atoms with Gasteiger partial charge in [-0.25, -0.2) is 14.5 Å². The Morgan fingerprint density at radius 2 is 1.67 bits per heavy atom. The highest BCUT2D eigenvalue weighted by molar-refractivity contribution is 5.82. The predicted octanol–water partition coefficient (Wildman–Crippen LogP) is 3.98. The van der Waals surface area contributed by atoms with Crippen LogP contribution >= 0.6 is 0 Å². The van der Waals surface area contributed by atoms with Crippen molar-refractivity contribution in [3.05, 3.63) is 94.0 Å². The van der Waals surface area contributed by atoms with E-state index in [0.717, 1.165) is 29.4 Å². The zero-order chi connectivity index (χ0) is 25.4. The minimum absolute atomic E-state index is 0.00983. The molecule has 0 spiro atoms. The number of nitrogens with one attached hydrogen (secondary N) is 1. The summed E-state index contributed by atoms with van der Waals surface area (Å²) in [5, 5.41) is 28.9. The summed E-state index contributed by atoms with van der Waals surface area (Å²) in [6, 6.07) is 19.1. The van der Waals surface area contributed by atoms with Gasteiger partial charge in [-0.15, -0.1) is 0 Å². The number of fused-ring (bicyclic) bond motifs is 1. The fraction of sp³-hybridized carbons (Fsp3) is 0.214. The molecule has 5 rings (SSSR count). The van der Waals surface area contributed by atoms with E-state index < -0.39 is 5.69 Å². The molecule has 0 aliphatic carbocycles. The van der Waals surface area contributed by atoms with Crippen molar-refractivity contribution >= 4 is 10.9 Å². The third kappa shape index (κ3) is 4.50. The Balaban J connectivity index is 1.46. The van der Waals surface area contributed by atoms with Crippen LogP contribution in [0.15, 0.2) is 71.7 Å². The topological polar surface area (TPSA) is 99.3 Å². The molecule has 3 N–H and O–H groups in total. The monoisotopic (exact) mass is 483 g/mol. The zero-order valence-corrected chi connectivity index (χ0v) is 20.6. The van der Waals surface area contributed by atoms with Gasteiger partial charge in [-0.1, -0.05) is 24.3 Å². The Morgan fingerprint density at radius 3 is 2.42 bits per heavy atom. The van der Waals surface area contributed by atoms with Crippen molar-refractivity contribution in [1.82, 2.24) is 24.2 Å². The van der Waals surface area contributed by atoms with Crippen molar-refractivity contribution < 1.29 is 10.2 Å². The highest BCUT2D eigenvalue weighted by Crippen LogP contribution is 2.35. The largest absolute Gasteiger partial charge is 0.508 e. The molecular formula is C28H29N5O3. The van der Waals surface area contributed by atoms with Crippen LogP contribution in [0.4, 0.5) is 0 Å². The summed E-state index contributed by atoms with van der Waals surface area (Å²) in [6.07, 6.45) is 3.25.